The van der Waals surface area contributed by atoms with Crippen LogP contribution in [0.25, 0.3) is 10.9 Å². The van der Waals surface area contributed by atoms with Crippen LogP contribution in [0.15, 0.2) is 41.3 Å². The summed E-state index contributed by atoms with van der Waals surface area (Å²) >= 11 is 0. The van der Waals surface area contributed by atoms with E-state index in [1.54, 1.807) is 22.9 Å². The quantitative estimate of drug-likeness (QED) is 0.794. The molecule has 0 saturated heterocycles. The van der Waals surface area contributed by atoms with Gasteiger partial charge < -0.3 is 9.88 Å². The van der Waals surface area contributed by atoms with Crippen LogP contribution in [0.4, 0.5) is 0 Å². The van der Waals surface area contributed by atoms with Crippen molar-refractivity contribution < 1.29 is 4.79 Å². The molecule has 6 nitrogen and oxygen atoms in total. The van der Waals surface area contributed by atoms with Gasteiger partial charge in [0.25, 0.3) is 5.91 Å². The number of amides is 1. The Labute approximate surface area is 146 Å². The molecule has 1 N–H and O–H groups in total. The van der Waals surface area contributed by atoms with Crippen molar-refractivity contribution in [3.63, 3.8) is 0 Å². The Morgan fingerprint density at radius 2 is 2.00 bits per heavy atom. The van der Waals surface area contributed by atoms with E-state index in [1.165, 1.54) is 0 Å². The van der Waals surface area contributed by atoms with E-state index in [0.717, 1.165) is 16.9 Å². The molecule has 0 radical (unpaired) electrons. The predicted molar refractivity (Wildman–Crippen MR) is 97.9 cm³/mol. The van der Waals surface area contributed by atoms with Crippen molar-refractivity contribution in [3.8, 4) is 0 Å². The van der Waals surface area contributed by atoms with Gasteiger partial charge in [0.05, 0.1) is 17.3 Å². The number of pyridine rings is 1. The number of hydrogen-bond acceptors (Lipinski definition) is 3. The van der Waals surface area contributed by atoms with E-state index in [0.29, 0.717) is 11.9 Å². The summed E-state index contributed by atoms with van der Waals surface area (Å²) in [4.78, 5) is 25.1. The van der Waals surface area contributed by atoms with Gasteiger partial charge in [-0.1, -0.05) is 12.1 Å². The first-order valence-electron chi connectivity index (χ1n) is 8.28. The van der Waals surface area contributed by atoms with Crippen LogP contribution in [0.1, 0.15) is 34.7 Å². The Morgan fingerprint density at radius 3 is 2.68 bits per heavy atom. The summed E-state index contributed by atoms with van der Waals surface area (Å²) in [6, 6.07) is 9.28. The van der Waals surface area contributed by atoms with Gasteiger partial charge in [0.1, 0.15) is 5.56 Å². The fourth-order valence-electron chi connectivity index (χ4n) is 3.12. The van der Waals surface area contributed by atoms with E-state index in [2.05, 4.69) is 10.4 Å². The topological polar surface area (TPSA) is 68.9 Å². The van der Waals surface area contributed by atoms with Gasteiger partial charge in [-0.3, -0.25) is 14.3 Å². The lowest BCUT2D eigenvalue weighted by molar-refractivity contribution is 0.0946. The minimum Gasteiger partial charge on any atom is -0.350 e. The van der Waals surface area contributed by atoms with Gasteiger partial charge >= 0.3 is 0 Å². The average molecular weight is 338 g/mol. The van der Waals surface area contributed by atoms with Crippen molar-refractivity contribution in [2.24, 2.45) is 7.05 Å². The second-order valence-corrected chi connectivity index (χ2v) is 6.43. The number of fused-ring (bicyclic) bond motifs is 1. The third kappa shape index (κ3) is 3.20. The van der Waals surface area contributed by atoms with Crippen molar-refractivity contribution in [2.75, 3.05) is 6.54 Å². The molecular formula is C19H22N4O2. The lowest BCUT2D eigenvalue weighted by Crippen LogP contribution is -2.33. The second-order valence-electron chi connectivity index (χ2n) is 6.43. The van der Waals surface area contributed by atoms with Crippen molar-refractivity contribution in [1.82, 2.24) is 19.7 Å². The number of hydrogen-bond donors (Lipinski definition) is 1. The summed E-state index contributed by atoms with van der Waals surface area (Å²) in [5.41, 5.74) is 2.70. The normalized spacial score (nSPS) is 12.3. The molecule has 1 atom stereocenters. The van der Waals surface area contributed by atoms with Crippen LogP contribution in [0.5, 0.6) is 0 Å². The molecule has 0 aliphatic heterocycles. The Hall–Kier alpha value is -2.89. The molecule has 0 bridgehead atoms. The zero-order valence-corrected chi connectivity index (χ0v) is 14.9. The number of carbonyl (C=O) groups excluding carboxylic acids is 1. The van der Waals surface area contributed by atoms with Crippen molar-refractivity contribution >= 4 is 16.8 Å². The third-order valence-electron chi connectivity index (χ3n) is 4.36. The van der Waals surface area contributed by atoms with E-state index < -0.39 is 0 Å². The Kier molecular flexibility index (Phi) is 4.44. The number of aryl methyl sites for hydroxylation is 3. The van der Waals surface area contributed by atoms with Gasteiger partial charge in [-0.2, -0.15) is 5.10 Å². The van der Waals surface area contributed by atoms with Crippen molar-refractivity contribution in [1.29, 1.82) is 0 Å². The molecule has 2 aromatic heterocycles. The number of carbonyl (C=O) groups is 1. The van der Waals surface area contributed by atoms with E-state index in [9.17, 15) is 9.59 Å². The molecule has 0 aliphatic carbocycles. The molecule has 0 spiro atoms. The monoisotopic (exact) mass is 338 g/mol. The molecule has 3 aromatic rings. The van der Waals surface area contributed by atoms with Crippen LogP contribution in [0.3, 0.4) is 0 Å². The van der Waals surface area contributed by atoms with Crippen LogP contribution in [0.2, 0.25) is 0 Å². The molecule has 25 heavy (non-hydrogen) atoms. The highest BCUT2D eigenvalue weighted by Crippen LogP contribution is 2.12. The first kappa shape index (κ1) is 17.0. The van der Waals surface area contributed by atoms with E-state index >= 15 is 0 Å². The number of benzene rings is 1. The minimum absolute atomic E-state index is 0.00181. The number of rotatable bonds is 4. The highest BCUT2D eigenvalue weighted by atomic mass is 16.2. The molecule has 1 aromatic carbocycles. The molecule has 0 aliphatic rings. The zero-order chi connectivity index (χ0) is 18.1. The number of nitrogens with zero attached hydrogens (tertiary/aromatic N) is 3. The lowest BCUT2D eigenvalue weighted by Gasteiger charge is -2.15. The van der Waals surface area contributed by atoms with Crippen LogP contribution in [0, 0.1) is 13.8 Å². The Bertz CT molecular complexity index is 1000. The van der Waals surface area contributed by atoms with Gasteiger partial charge in [0, 0.05) is 30.9 Å². The van der Waals surface area contributed by atoms with E-state index in [4.69, 9.17) is 0 Å². The Morgan fingerprint density at radius 1 is 1.28 bits per heavy atom. The zero-order valence-electron chi connectivity index (χ0n) is 14.9. The molecular weight excluding hydrogens is 316 g/mol. The van der Waals surface area contributed by atoms with Gasteiger partial charge in [0.2, 0.25) is 5.43 Å². The summed E-state index contributed by atoms with van der Waals surface area (Å²) in [6.07, 6.45) is 1.59. The van der Waals surface area contributed by atoms with Crippen LogP contribution >= 0.6 is 0 Å². The molecule has 6 heteroatoms. The number of para-hydroxylation sites is 1. The smallest absolute Gasteiger partial charge is 0.256 e. The summed E-state index contributed by atoms with van der Waals surface area (Å²) in [7, 11) is 1.83. The van der Waals surface area contributed by atoms with Crippen LogP contribution < -0.4 is 10.7 Å². The summed E-state index contributed by atoms with van der Waals surface area (Å²) in [5, 5.41) is 7.83. The van der Waals surface area contributed by atoms with Gasteiger partial charge in [-0.15, -0.1) is 0 Å². The second kappa shape index (κ2) is 6.55. The summed E-state index contributed by atoms with van der Waals surface area (Å²) in [6.45, 7) is 6.31. The van der Waals surface area contributed by atoms with Crippen LogP contribution in [-0.4, -0.2) is 26.8 Å². The van der Waals surface area contributed by atoms with Crippen molar-refractivity contribution in [3.05, 3.63) is 63.7 Å². The maximum absolute atomic E-state index is 12.6. The first-order chi connectivity index (χ1) is 11.9. The predicted octanol–water partition coefficient (Wildman–Crippen LogP) is 2.34. The maximum Gasteiger partial charge on any atom is 0.256 e. The van der Waals surface area contributed by atoms with Gasteiger partial charge in [-0.05, 0) is 39.0 Å². The Balaban J connectivity index is 1.82. The third-order valence-corrected chi connectivity index (χ3v) is 4.36. The van der Waals surface area contributed by atoms with Crippen LogP contribution in [-0.2, 0) is 7.05 Å². The largest absolute Gasteiger partial charge is 0.350 e. The van der Waals surface area contributed by atoms with Gasteiger partial charge in [-0.25, -0.2) is 0 Å². The average Bonchev–Trinajstić information content (AvgIpc) is 2.94. The molecule has 1 amide bonds. The fourth-order valence-corrected chi connectivity index (χ4v) is 3.12. The fraction of sp³-hybridized carbons (Fsp3) is 0.316. The summed E-state index contributed by atoms with van der Waals surface area (Å²) < 4.78 is 3.68. The highest BCUT2D eigenvalue weighted by molar-refractivity contribution is 5.97. The molecule has 3 rings (SSSR count). The highest BCUT2D eigenvalue weighted by Gasteiger charge is 2.16. The molecule has 0 fully saturated rings. The van der Waals surface area contributed by atoms with Gasteiger partial charge in [0.15, 0.2) is 0 Å². The molecule has 2 heterocycles. The van der Waals surface area contributed by atoms with E-state index in [1.807, 2.05) is 50.7 Å². The van der Waals surface area contributed by atoms with E-state index in [-0.39, 0.29) is 22.9 Å². The molecule has 0 unspecified atom stereocenters. The lowest BCUT2D eigenvalue weighted by atomic mass is 10.1. The minimum atomic E-state index is -0.361. The first-order valence-corrected chi connectivity index (χ1v) is 8.28. The maximum atomic E-state index is 12.6. The standard InChI is InChI=1S/C19H22N4O2/c1-12-9-13(2)23(21-12)14(3)10-20-19(25)16-11-22(4)17-8-6-5-7-15(17)18(16)24/h5-9,11,14H,10H2,1-4H3,(H,20,25)/t14-/m0/s1. The molecule has 0 saturated carbocycles. The SMILES string of the molecule is Cc1cc(C)n([C@@H](C)CNC(=O)c2cn(C)c3ccccc3c2=O)n1. The summed E-state index contributed by atoms with van der Waals surface area (Å²) in [5.74, 6) is -0.361. The number of aromatic nitrogens is 3. The molecule has 130 valence electrons. The number of nitrogens with one attached hydrogen (secondary N) is 1. The van der Waals surface area contributed by atoms with Crippen molar-refractivity contribution in [2.45, 2.75) is 26.8 Å².